The molecule has 138 valence electrons. The summed E-state index contributed by atoms with van der Waals surface area (Å²) < 4.78 is 6.03. The minimum atomic E-state index is 0.119. The van der Waals surface area contributed by atoms with E-state index in [1.165, 1.54) is 12.8 Å². The highest BCUT2D eigenvalue weighted by atomic mass is 16.5. The summed E-state index contributed by atoms with van der Waals surface area (Å²) in [6, 6.07) is 10.1. The van der Waals surface area contributed by atoms with Gasteiger partial charge >= 0.3 is 0 Å². The van der Waals surface area contributed by atoms with Crippen LogP contribution in [0.15, 0.2) is 36.5 Å². The lowest BCUT2D eigenvalue weighted by Gasteiger charge is -2.28. The molecule has 4 heterocycles. The molecule has 3 atom stereocenters. The number of ether oxygens (including phenoxy) is 1. The van der Waals surface area contributed by atoms with E-state index in [2.05, 4.69) is 30.9 Å². The average molecular weight is 364 g/mol. The van der Waals surface area contributed by atoms with Crippen molar-refractivity contribution in [3.63, 3.8) is 0 Å². The molecule has 3 aromatic rings. The molecule has 0 radical (unpaired) electrons. The van der Waals surface area contributed by atoms with Crippen LogP contribution in [0.1, 0.15) is 25.7 Å². The van der Waals surface area contributed by atoms with Crippen molar-refractivity contribution in [2.24, 2.45) is 0 Å². The maximum absolute atomic E-state index is 10.4. The van der Waals surface area contributed by atoms with Gasteiger partial charge in [0.15, 0.2) is 0 Å². The van der Waals surface area contributed by atoms with Gasteiger partial charge in [0.2, 0.25) is 5.88 Å². The van der Waals surface area contributed by atoms with Gasteiger partial charge in [-0.1, -0.05) is 6.07 Å². The number of aromatic nitrogens is 5. The van der Waals surface area contributed by atoms with E-state index in [1.807, 2.05) is 18.2 Å². The molecule has 1 aromatic carbocycles. The van der Waals surface area contributed by atoms with Crippen LogP contribution in [0, 0.1) is 0 Å². The molecule has 5 rings (SSSR count). The van der Waals surface area contributed by atoms with E-state index in [0.717, 1.165) is 18.4 Å². The summed E-state index contributed by atoms with van der Waals surface area (Å²) in [6.45, 7) is 0. The molecule has 0 aliphatic carbocycles. The fourth-order valence-corrected chi connectivity index (χ4v) is 4.05. The van der Waals surface area contributed by atoms with E-state index >= 15 is 0 Å². The molecule has 2 aliphatic heterocycles. The normalized spacial score (nSPS) is 24.1. The zero-order chi connectivity index (χ0) is 18.2. The number of piperidine rings is 1. The number of fused-ring (bicyclic) bond motifs is 2. The van der Waals surface area contributed by atoms with E-state index in [9.17, 15) is 5.11 Å². The first-order chi connectivity index (χ1) is 13.2. The van der Waals surface area contributed by atoms with Gasteiger partial charge in [-0.3, -0.25) is 0 Å². The van der Waals surface area contributed by atoms with Crippen LogP contribution in [-0.2, 0) is 0 Å². The van der Waals surface area contributed by atoms with E-state index in [4.69, 9.17) is 4.74 Å². The first-order valence-corrected chi connectivity index (χ1v) is 9.20. The molecule has 27 heavy (non-hydrogen) atoms. The maximum atomic E-state index is 10.4. The van der Waals surface area contributed by atoms with Crippen LogP contribution >= 0.6 is 0 Å². The Balaban J connectivity index is 1.31. The van der Waals surface area contributed by atoms with Crippen LogP contribution in [-0.4, -0.2) is 48.9 Å². The second-order valence-corrected chi connectivity index (χ2v) is 7.19. The first-order valence-electron chi connectivity index (χ1n) is 9.20. The lowest BCUT2D eigenvalue weighted by molar-refractivity contribution is 0.130. The number of aromatic amines is 1. The summed E-state index contributed by atoms with van der Waals surface area (Å²) in [4.78, 5) is 0. The highest BCUT2D eigenvalue weighted by molar-refractivity contribution is 5.72. The van der Waals surface area contributed by atoms with E-state index in [-0.39, 0.29) is 11.9 Å². The van der Waals surface area contributed by atoms with Gasteiger partial charge in [-0.05, 0) is 43.9 Å². The molecule has 0 amide bonds. The number of phenols is 1. The number of nitrogens with zero attached hydrogens (tertiary/aromatic N) is 4. The van der Waals surface area contributed by atoms with Crippen LogP contribution in [0.2, 0.25) is 0 Å². The number of nitrogens with one attached hydrogen (secondary N) is 2. The van der Waals surface area contributed by atoms with Gasteiger partial charge in [0.1, 0.15) is 17.5 Å². The molecule has 0 spiro atoms. The Morgan fingerprint density at radius 2 is 1.85 bits per heavy atom. The second-order valence-electron chi connectivity index (χ2n) is 7.19. The predicted octanol–water partition coefficient (Wildman–Crippen LogP) is 2.30. The maximum Gasteiger partial charge on any atom is 0.233 e. The Bertz CT molecular complexity index is 916. The number of benzene rings is 1. The second kappa shape index (κ2) is 6.62. The van der Waals surface area contributed by atoms with Crippen molar-refractivity contribution < 1.29 is 9.84 Å². The van der Waals surface area contributed by atoms with Gasteiger partial charge in [0.25, 0.3) is 0 Å². The summed E-state index contributed by atoms with van der Waals surface area (Å²) in [5.74, 6) is 0.650. The number of rotatable bonds is 4. The number of phenolic OH excluding ortho intramolecular Hbond substituents is 1. The van der Waals surface area contributed by atoms with Crippen molar-refractivity contribution in [1.82, 2.24) is 30.9 Å². The highest BCUT2D eigenvalue weighted by Gasteiger charge is 2.34. The molecule has 2 aromatic heterocycles. The number of hydrogen-bond acceptors (Lipinski definition) is 7. The van der Waals surface area contributed by atoms with Crippen LogP contribution in [0.25, 0.3) is 22.5 Å². The van der Waals surface area contributed by atoms with Gasteiger partial charge in [0, 0.05) is 29.3 Å². The van der Waals surface area contributed by atoms with Crippen molar-refractivity contribution in [3.8, 4) is 34.1 Å². The number of aromatic hydroxyl groups is 1. The van der Waals surface area contributed by atoms with Crippen LogP contribution in [0.4, 0.5) is 0 Å². The summed E-state index contributed by atoms with van der Waals surface area (Å²) >= 11 is 0. The third kappa shape index (κ3) is 3.23. The molecule has 2 saturated heterocycles. The number of H-pyrrole nitrogens is 1. The molecule has 3 N–H and O–H groups in total. The van der Waals surface area contributed by atoms with Crippen molar-refractivity contribution in [1.29, 1.82) is 0 Å². The van der Waals surface area contributed by atoms with Gasteiger partial charge < -0.3 is 15.2 Å². The molecule has 0 saturated carbocycles. The molecule has 1 unspecified atom stereocenters. The Hall–Kier alpha value is -3.00. The van der Waals surface area contributed by atoms with Crippen LogP contribution < -0.4 is 10.1 Å². The zero-order valence-corrected chi connectivity index (χ0v) is 14.7. The fraction of sp³-hybridized carbons (Fsp3) is 0.368. The minimum Gasteiger partial charge on any atom is -0.507 e. The molecular formula is C19H20N6O2. The third-order valence-electron chi connectivity index (χ3n) is 5.34. The van der Waals surface area contributed by atoms with Crippen LogP contribution in [0.5, 0.6) is 11.6 Å². The molecule has 2 aliphatic rings. The summed E-state index contributed by atoms with van der Waals surface area (Å²) in [5.41, 5.74) is 2.65. The molecular weight excluding hydrogens is 344 g/mol. The minimum absolute atomic E-state index is 0.119. The topological polar surface area (TPSA) is 109 Å². The van der Waals surface area contributed by atoms with Crippen molar-refractivity contribution in [2.75, 3.05) is 0 Å². The zero-order valence-electron chi connectivity index (χ0n) is 14.7. The third-order valence-corrected chi connectivity index (χ3v) is 5.34. The Labute approximate surface area is 156 Å². The van der Waals surface area contributed by atoms with Gasteiger partial charge in [-0.15, -0.1) is 10.2 Å². The molecule has 2 bridgehead atoms. The van der Waals surface area contributed by atoms with E-state index in [1.54, 1.807) is 18.3 Å². The van der Waals surface area contributed by atoms with Crippen molar-refractivity contribution >= 4 is 0 Å². The SMILES string of the molecule is Oc1cc(-c2cn[nH]n2)ccc1-c1ccc(OC2C[C@H]3CC[C@@H](C2)N3)nn1. The fourth-order valence-electron chi connectivity index (χ4n) is 4.05. The average Bonchev–Trinajstić information content (AvgIpc) is 3.32. The summed E-state index contributed by atoms with van der Waals surface area (Å²) in [5, 5.41) is 32.8. The molecule has 8 heteroatoms. The quantitative estimate of drug-likeness (QED) is 0.652. The summed E-state index contributed by atoms with van der Waals surface area (Å²) in [7, 11) is 0. The number of hydrogen-bond donors (Lipinski definition) is 3. The Morgan fingerprint density at radius 3 is 2.52 bits per heavy atom. The van der Waals surface area contributed by atoms with Crippen molar-refractivity contribution in [2.45, 2.75) is 43.9 Å². The first kappa shape index (κ1) is 16.2. The van der Waals surface area contributed by atoms with Crippen LogP contribution in [0.3, 0.4) is 0 Å². The molecule has 2 fully saturated rings. The van der Waals surface area contributed by atoms with Gasteiger partial charge in [-0.25, -0.2) is 0 Å². The van der Waals surface area contributed by atoms with E-state index in [0.29, 0.717) is 34.9 Å². The lowest BCUT2D eigenvalue weighted by atomic mass is 10.0. The highest BCUT2D eigenvalue weighted by Crippen LogP contribution is 2.32. The monoisotopic (exact) mass is 364 g/mol. The van der Waals surface area contributed by atoms with Gasteiger partial charge in [0.05, 0.1) is 11.9 Å². The largest absolute Gasteiger partial charge is 0.507 e. The van der Waals surface area contributed by atoms with Crippen molar-refractivity contribution in [3.05, 3.63) is 36.5 Å². The Morgan fingerprint density at radius 1 is 1.00 bits per heavy atom. The van der Waals surface area contributed by atoms with E-state index < -0.39 is 0 Å². The smallest absolute Gasteiger partial charge is 0.233 e. The summed E-state index contributed by atoms with van der Waals surface area (Å²) in [6.07, 6.45) is 6.30. The van der Waals surface area contributed by atoms with Gasteiger partial charge in [-0.2, -0.15) is 15.4 Å². The Kier molecular flexibility index (Phi) is 3.97. The standard InChI is InChI=1S/C19H20N6O2/c26-18-7-11(17-10-20-25-23-17)1-4-15(18)16-5-6-19(24-22-16)27-14-8-12-2-3-13(9-14)21-12/h1,4-7,10,12-14,21,26H,2-3,8-9H2,(H,20,23,25)/t12-,13+,14?. The molecule has 8 nitrogen and oxygen atoms in total. The lowest BCUT2D eigenvalue weighted by Crippen LogP contribution is -2.42. The predicted molar refractivity (Wildman–Crippen MR) is 98.1 cm³/mol.